The highest BCUT2D eigenvalue weighted by atomic mass is 16.4. The lowest BCUT2D eigenvalue weighted by Crippen LogP contribution is -2.58. The van der Waals surface area contributed by atoms with Gasteiger partial charge in [0.1, 0.15) is 0 Å². The Kier molecular flexibility index (Phi) is 3.78. The zero-order valence-electron chi connectivity index (χ0n) is 15.7. The average Bonchev–Trinajstić information content (AvgIpc) is 3.19. The van der Waals surface area contributed by atoms with E-state index in [-0.39, 0.29) is 35.1 Å². The highest BCUT2D eigenvalue weighted by Gasteiger charge is 2.56. The van der Waals surface area contributed by atoms with Crippen LogP contribution in [0.3, 0.4) is 0 Å². The predicted octanol–water partition coefficient (Wildman–Crippen LogP) is 3.62. The highest BCUT2D eigenvalue weighted by Crippen LogP contribution is 2.61. The van der Waals surface area contributed by atoms with Gasteiger partial charge in [-0.1, -0.05) is 19.1 Å². The molecule has 0 aromatic carbocycles. The van der Waals surface area contributed by atoms with Crippen molar-refractivity contribution in [2.45, 2.75) is 64.3 Å². The third-order valence-electron chi connectivity index (χ3n) is 8.60. The molecule has 0 radical (unpaired) electrons. The van der Waals surface area contributed by atoms with E-state index < -0.39 is 11.9 Å². The van der Waals surface area contributed by atoms with E-state index in [1.807, 2.05) is 6.08 Å². The van der Waals surface area contributed by atoms with Crippen LogP contribution in [0.1, 0.15) is 58.3 Å². The first kappa shape index (κ1) is 16.8. The molecule has 4 heteroatoms. The van der Waals surface area contributed by atoms with Crippen LogP contribution in [0.4, 0.5) is 0 Å². The van der Waals surface area contributed by atoms with Crippen LogP contribution in [0.25, 0.3) is 0 Å². The van der Waals surface area contributed by atoms with E-state index in [0.29, 0.717) is 0 Å². The van der Waals surface area contributed by atoms with Crippen LogP contribution < -0.4 is 5.32 Å². The van der Waals surface area contributed by atoms with Crippen molar-refractivity contribution in [1.82, 2.24) is 5.32 Å². The van der Waals surface area contributed by atoms with Crippen LogP contribution in [-0.2, 0) is 9.59 Å². The Bertz CT molecular complexity index is 618. The van der Waals surface area contributed by atoms with Crippen molar-refractivity contribution in [2.75, 3.05) is 0 Å². The Hall–Kier alpha value is -1.32. The minimum atomic E-state index is -0.801. The number of fused-ring (bicyclic) bond motifs is 2. The molecule has 2 N–H and O–H groups in total. The van der Waals surface area contributed by atoms with Gasteiger partial charge >= 0.3 is 5.97 Å². The van der Waals surface area contributed by atoms with E-state index in [9.17, 15) is 14.7 Å². The molecule has 6 aliphatic rings. The molecule has 26 heavy (non-hydrogen) atoms. The Morgan fingerprint density at radius 3 is 2.04 bits per heavy atom. The number of amides is 1. The van der Waals surface area contributed by atoms with E-state index in [2.05, 4.69) is 18.3 Å². The van der Waals surface area contributed by atoms with Gasteiger partial charge in [0, 0.05) is 6.04 Å². The first-order chi connectivity index (χ1) is 12.5. The van der Waals surface area contributed by atoms with Crippen molar-refractivity contribution in [2.24, 2.45) is 46.8 Å². The zero-order valence-corrected chi connectivity index (χ0v) is 15.7. The number of carbonyl (C=O) groups excluding carboxylic acids is 1. The van der Waals surface area contributed by atoms with Crippen molar-refractivity contribution in [1.29, 1.82) is 0 Å². The summed E-state index contributed by atoms with van der Waals surface area (Å²) in [7, 11) is 0. The van der Waals surface area contributed by atoms with Gasteiger partial charge in [-0.3, -0.25) is 9.59 Å². The van der Waals surface area contributed by atoms with E-state index >= 15 is 0 Å². The smallest absolute Gasteiger partial charge is 0.307 e. The summed E-state index contributed by atoms with van der Waals surface area (Å²) in [5.41, 5.74) is 0.283. The van der Waals surface area contributed by atoms with Gasteiger partial charge in [0.15, 0.2) is 0 Å². The molecule has 6 bridgehead atoms. The molecule has 6 aliphatic carbocycles. The number of aliphatic carboxylic acids is 1. The summed E-state index contributed by atoms with van der Waals surface area (Å²) in [6.07, 6.45) is 13.9. The molecule has 5 atom stereocenters. The van der Waals surface area contributed by atoms with Gasteiger partial charge in [0.2, 0.25) is 5.91 Å². The summed E-state index contributed by atoms with van der Waals surface area (Å²) in [6, 6.07) is 0.223. The van der Waals surface area contributed by atoms with Gasteiger partial charge < -0.3 is 10.4 Å². The minimum absolute atomic E-state index is 0.0110. The quantitative estimate of drug-likeness (QED) is 0.739. The van der Waals surface area contributed by atoms with Crippen molar-refractivity contribution in [3.8, 4) is 0 Å². The van der Waals surface area contributed by atoms with Gasteiger partial charge in [0.25, 0.3) is 0 Å². The highest BCUT2D eigenvalue weighted by molar-refractivity contribution is 5.87. The molecule has 5 saturated carbocycles. The van der Waals surface area contributed by atoms with Crippen molar-refractivity contribution in [3.05, 3.63) is 12.2 Å². The van der Waals surface area contributed by atoms with Gasteiger partial charge in [-0.25, -0.2) is 0 Å². The molecule has 0 aromatic heterocycles. The maximum absolute atomic E-state index is 13.2. The Balaban J connectivity index is 1.35. The normalized spacial score (nSPS) is 48.7. The number of allylic oxidation sites excluding steroid dienone is 2. The molecule has 0 saturated heterocycles. The Labute approximate surface area is 155 Å². The largest absolute Gasteiger partial charge is 0.481 e. The van der Waals surface area contributed by atoms with Crippen LogP contribution in [-0.4, -0.2) is 23.0 Å². The lowest BCUT2D eigenvalue weighted by Gasteiger charge is -2.59. The lowest BCUT2D eigenvalue weighted by molar-refractivity contribution is -0.148. The summed E-state index contributed by atoms with van der Waals surface area (Å²) >= 11 is 0. The van der Waals surface area contributed by atoms with E-state index in [1.165, 1.54) is 38.5 Å². The second-order valence-corrected chi connectivity index (χ2v) is 10.1. The van der Waals surface area contributed by atoms with Gasteiger partial charge in [-0.2, -0.15) is 0 Å². The molecule has 1 amide bonds. The number of rotatable bonds is 5. The van der Waals surface area contributed by atoms with E-state index in [1.54, 1.807) is 0 Å². The maximum Gasteiger partial charge on any atom is 0.307 e. The third kappa shape index (κ3) is 2.40. The van der Waals surface area contributed by atoms with E-state index in [4.69, 9.17) is 0 Å². The summed E-state index contributed by atoms with van der Waals surface area (Å²) in [6.45, 7) is 2.19. The number of nitrogens with one attached hydrogen (secondary N) is 1. The third-order valence-corrected chi connectivity index (χ3v) is 8.60. The molecule has 0 aliphatic heterocycles. The summed E-state index contributed by atoms with van der Waals surface area (Å²) < 4.78 is 0. The van der Waals surface area contributed by atoms with Gasteiger partial charge in [-0.05, 0) is 86.4 Å². The molecule has 0 spiro atoms. The lowest BCUT2D eigenvalue weighted by atomic mass is 9.47. The second-order valence-electron chi connectivity index (χ2n) is 10.1. The predicted molar refractivity (Wildman–Crippen MR) is 98.2 cm³/mol. The van der Waals surface area contributed by atoms with Gasteiger partial charge in [-0.15, -0.1) is 0 Å². The van der Waals surface area contributed by atoms with Crippen LogP contribution in [0, 0.1) is 46.8 Å². The zero-order chi connectivity index (χ0) is 18.1. The summed E-state index contributed by atoms with van der Waals surface area (Å²) in [4.78, 5) is 25.0. The number of hydrogen-bond donors (Lipinski definition) is 2. The fourth-order valence-corrected chi connectivity index (χ4v) is 8.08. The molecule has 0 heterocycles. The van der Waals surface area contributed by atoms with Crippen LogP contribution >= 0.6 is 0 Å². The summed E-state index contributed by atoms with van der Waals surface area (Å²) in [5.74, 6) is 1.08. The molecular weight excluding hydrogens is 326 g/mol. The SMILES string of the molecule is CC[C@H](NC(=O)[C@H]1[C@H](C(=O)O)[C@H]2C=C[C@H]1C2)C12CC3CC(CC(C3)C1)C2. The molecule has 5 fully saturated rings. The molecule has 4 nitrogen and oxygen atoms in total. The molecule has 0 aromatic rings. The maximum atomic E-state index is 13.2. The fraction of sp³-hybridized carbons (Fsp3) is 0.818. The number of carboxylic acids is 1. The topological polar surface area (TPSA) is 66.4 Å². The number of hydrogen-bond acceptors (Lipinski definition) is 2. The van der Waals surface area contributed by atoms with Gasteiger partial charge in [0.05, 0.1) is 11.8 Å². The van der Waals surface area contributed by atoms with Crippen molar-refractivity contribution in [3.63, 3.8) is 0 Å². The molecule has 6 rings (SSSR count). The van der Waals surface area contributed by atoms with Crippen molar-refractivity contribution >= 4 is 11.9 Å². The fourth-order valence-electron chi connectivity index (χ4n) is 8.08. The average molecular weight is 357 g/mol. The Morgan fingerprint density at radius 2 is 1.54 bits per heavy atom. The Morgan fingerprint density at radius 1 is 1.00 bits per heavy atom. The van der Waals surface area contributed by atoms with Crippen LogP contribution in [0.2, 0.25) is 0 Å². The van der Waals surface area contributed by atoms with E-state index in [0.717, 1.165) is 30.6 Å². The van der Waals surface area contributed by atoms with Crippen LogP contribution in [0.5, 0.6) is 0 Å². The standard InChI is InChI=1S/C22H31NO3/c1-2-17(22-9-12-5-13(10-22)7-14(6-12)11-22)23-20(24)18-15-3-4-16(8-15)19(18)21(25)26/h3-4,12-19H,2,5-11H2,1H3,(H,23,24)(H,25,26)/t12?,13?,14?,15-,16-,17-,18+,19+,22?/m0/s1. The monoisotopic (exact) mass is 357 g/mol. The second kappa shape index (κ2) is 5.84. The number of carboxylic acid groups (broad SMARTS) is 1. The minimum Gasteiger partial charge on any atom is -0.481 e. The molecule has 142 valence electrons. The summed E-state index contributed by atoms with van der Waals surface area (Å²) in [5, 5.41) is 13.1. The van der Waals surface area contributed by atoms with Crippen molar-refractivity contribution < 1.29 is 14.7 Å². The first-order valence-corrected chi connectivity index (χ1v) is 10.7. The number of carbonyl (C=O) groups is 2. The molecular formula is C22H31NO3. The molecule has 0 unspecified atom stereocenters. The first-order valence-electron chi connectivity index (χ1n) is 10.7. The van der Waals surface area contributed by atoms with Crippen LogP contribution in [0.15, 0.2) is 12.2 Å².